The number of fused-ring (bicyclic) bond motifs is 6. The normalized spacial score (nSPS) is 11.4. The summed E-state index contributed by atoms with van der Waals surface area (Å²) in [6.45, 7) is 6.05. The van der Waals surface area contributed by atoms with E-state index in [1.165, 1.54) is 0 Å². The zero-order chi connectivity index (χ0) is 20.7. The molecule has 0 spiro atoms. The van der Waals surface area contributed by atoms with Crippen LogP contribution in [-0.4, -0.2) is 39.3 Å². The highest BCUT2D eigenvalue weighted by molar-refractivity contribution is 6.21. The summed E-state index contributed by atoms with van der Waals surface area (Å²) >= 11 is 0. The quantitative estimate of drug-likeness (QED) is 0.335. The predicted octanol–water partition coefficient (Wildman–Crippen LogP) is 4.99. The molecule has 1 N–H and O–H groups in total. The Balaban J connectivity index is 1.81. The van der Waals surface area contributed by atoms with Crippen LogP contribution in [0.4, 0.5) is 5.82 Å². The van der Waals surface area contributed by atoms with Crippen LogP contribution in [0.25, 0.3) is 44.2 Å². The second-order valence-corrected chi connectivity index (χ2v) is 7.19. The summed E-state index contributed by atoms with van der Waals surface area (Å²) in [6, 6.07) is 15.5. The standard InChI is InChI=1S/C24H21N5O/c1-3-29(4-2)19-12-11-18-21(26-19)20-17(6-5-13-25-20)22-23(18)28-24(27-22)16-9-7-15(14-30)8-10-16/h5-14H,3-4H2,1-2H3,(H,27,28). The van der Waals surface area contributed by atoms with Crippen LogP contribution < -0.4 is 4.90 Å². The molecule has 0 bridgehead atoms. The van der Waals surface area contributed by atoms with E-state index >= 15 is 0 Å². The SMILES string of the molecule is CCN(CC)c1ccc2c(n1)c1ncccc1c1nc(-c3ccc(C=O)cc3)[nH]c21. The molecule has 0 aliphatic heterocycles. The molecule has 0 saturated heterocycles. The van der Waals surface area contributed by atoms with Crippen LogP contribution in [0.1, 0.15) is 24.2 Å². The smallest absolute Gasteiger partial charge is 0.150 e. The van der Waals surface area contributed by atoms with E-state index in [-0.39, 0.29) is 0 Å². The van der Waals surface area contributed by atoms with Crippen LogP contribution in [0.3, 0.4) is 0 Å². The molecule has 5 aromatic rings. The second-order valence-electron chi connectivity index (χ2n) is 7.19. The number of carbonyl (C=O) groups is 1. The van der Waals surface area contributed by atoms with E-state index in [2.05, 4.69) is 40.8 Å². The third-order valence-electron chi connectivity index (χ3n) is 5.55. The highest BCUT2D eigenvalue weighted by atomic mass is 16.1. The van der Waals surface area contributed by atoms with Gasteiger partial charge in [0.2, 0.25) is 0 Å². The van der Waals surface area contributed by atoms with Crippen LogP contribution in [0.2, 0.25) is 0 Å². The summed E-state index contributed by atoms with van der Waals surface area (Å²) in [4.78, 5) is 31.2. The van der Waals surface area contributed by atoms with Crippen molar-refractivity contribution < 1.29 is 4.79 Å². The van der Waals surface area contributed by atoms with Crippen LogP contribution >= 0.6 is 0 Å². The number of hydrogen-bond acceptors (Lipinski definition) is 5. The number of aldehydes is 1. The summed E-state index contributed by atoms with van der Waals surface area (Å²) in [6.07, 6.45) is 2.64. The minimum atomic E-state index is 0.642. The molecule has 5 rings (SSSR count). The molecular weight excluding hydrogens is 374 g/mol. The van der Waals surface area contributed by atoms with Crippen molar-refractivity contribution in [2.24, 2.45) is 0 Å². The fraction of sp³-hybridized carbons (Fsp3) is 0.167. The van der Waals surface area contributed by atoms with Crippen molar-refractivity contribution in [2.45, 2.75) is 13.8 Å². The molecule has 0 unspecified atom stereocenters. The number of anilines is 1. The topological polar surface area (TPSA) is 74.8 Å². The lowest BCUT2D eigenvalue weighted by Crippen LogP contribution is -2.22. The van der Waals surface area contributed by atoms with E-state index in [4.69, 9.17) is 9.97 Å². The number of benzene rings is 2. The third kappa shape index (κ3) is 2.80. The first-order chi connectivity index (χ1) is 14.7. The van der Waals surface area contributed by atoms with Gasteiger partial charge in [0.1, 0.15) is 23.4 Å². The molecule has 30 heavy (non-hydrogen) atoms. The highest BCUT2D eigenvalue weighted by Crippen LogP contribution is 2.34. The van der Waals surface area contributed by atoms with Gasteiger partial charge in [-0.05, 0) is 38.1 Å². The maximum absolute atomic E-state index is 11.0. The molecule has 0 fully saturated rings. The third-order valence-corrected chi connectivity index (χ3v) is 5.55. The lowest BCUT2D eigenvalue weighted by atomic mass is 10.1. The number of aromatic amines is 1. The highest BCUT2D eigenvalue weighted by Gasteiger charge is 2.16. The Morgan fingerprint density at radius 3 is 2.43 bits per heavy atom. The number of H-pyrrole nitrogens is 1. The number of aromatic nitrogens is 4. The summed E-state index contributed by atoms with van der Waals surface area (Å²) in [7, 11) is 0. The van der Waals surface area contributed by atoms with Gasteiger partial charge in [0.15, 0.2) is 0 Å². The van der Waals surface area contributed by atoms with Crippen molar-refractivity contribution in [2.75, 3.05) is 18.0 Å². The number of pyridine rings is 2. The van der Waals surface area contributed by atoms with Gasteiger partial charge in [-0.2, -0.15) is 0 Å². The van der Waals surface area contributed by atoms with Crippen molar-refractivity contribution in [3.63, 3.8) is 0 Å². The Hall–Kier alpha value is -3.80. The molecular formula is C24H21N5O. The van der Waals surface area contributed by atoms with Gasteiger partial charge in [-0.1, -0.05) is 24.3 Å². The molecule has 0 saturated carbocycles. The van der Waals surface area contributed by atoms with Crippen molar-refractivity contribution in [3.05, 3.63) is 60.3 Å². The van der Waals surface area contributed by atoms with Gasteiger partial charge in [-0.15, -0.1) is 0 Å². The molecule has 0 radical (unpaired) electrons. The molecule has 0 atom stereocenters. The second kappa shape index (κ2) is 7.22. The van der Waals surface area contributed by atoms with Crippen molar-refractivity contribution in [1.29, 1.82) is 0 Å². The maximum atomic E-state index is 11.0. The first-order valence-corrected chi connectivity index (χ1v) is 10.1. The largest absolute Gasteiger partial charge is 0.357 e. The minimum absolute atomic E-state index is 0.642. The first-order valence-electron chi connectivity index (χ1n) is 10.1. The molecule has 6 heteroatoms. The average molecular weight is 395 g/mol. The Labute approximate surface area is 173 Å². The van der Waals surface area contributed by atoms with Crippen molar-refractivity contribution >= 4 is 44.9 Å². The summed E-state index contributed by atoms with van der Waals surface area (Å²) in [5, 5.41) is 1.96. The van der Waals surface area contributed by atoms with Crippen LogP contribution in [0.5, 0.6) is 0 Å². The van der Waals surface area contributed by atoms with E-state index in [0.29, 0.717) is 5.56 Å². The van der Waals surface area contributed by atoms with Gasteiger partial charge in [0.05, 0.1) is 16.6 Å². The molecule has 0 aliphatic rings. The summed E-state index contributed by atoms with van der Waals surface area (Å²) in [5.74, 6) is 1.70. The molecule has 0 aliphatic carbocycles. The lowest BCUT2D eigenvalue weighted by Gasteiger charge is -2.20. The molecule has 3 heterocycles. The van der Waals surface area contributed by atoms with E-state index in [1.54, 1.807) is 18.3 Å². The van der Waals surface area contributed by atoms with Crippen molar-refractivity contribution in [3.8, 4) is 11.4 Å². The fourth-order valence-corrected chi connectivity index (χ4v) is 3.96. The first kappa shape index (κ1) is 18.2. The van der Waals surface area contributed by atoms with Gasteiger partial charge in [0, 0.05) is 41.2 Å². The van der Waals surface area contributed by atoms with Crippen LogP contribution in [0, 0.1) is 0 Å². The lowest BCUT2D eigenvalue weighted by molar-refractivity contribution is 0.112. The van der Waals surface area contributed by atoms with E-state index < -0.39 is 0 Å². The summed E-state index contributed by atoms with van der Waals surface area (Å²) < 4.78 is 0. The number of carbonyl (C=O) groups excluding carboxylic acids is 1. The minimum Gasteiger partial charge on any atom is -0.357 e. The Morgan fingerprint density at radius 1 is 0.900 bits per heavy atom. The number of rotatable bonds is 5. The van der Waals surface area contributed by atoms with Gasteiger partial charge in [-0.25, -0.2) is 9.97 Å². The van der Waals surface area contributed by atoms with Crippen molar-refractivity contribution in [1.82, 2.24) is 19.9 Å². The number of nitrogens with zero attached hydrogens (tertiary/aromatic N) is 4. The molecule has 3 aromatic heterocycles. The van der Waals surface area contributed by atoms with E-state index in [0.717, 1.165) is 69.4 Å². The molecule has 148 valence electrons. The zero-order valence-electron chi connectivity index (χ0n) is 16.9. The molecule has 2 aromatic carbocycles. The summed E-state index contributed by atoms with van der Waals surface area (Å²) in [5.41, 5.74) is 5.10. The van der Waals surface area contributed by atoms with Gasteiger partial charge in [0.25, 0.3) is 0 Å². The van der Waals surface area contributed by atoms with E-state index in [1.807, 2.05) is 24.3 Å². The Morgan fingerprint density at radius 2 is 1.70 bits per heavy atom. The van der Waals surface area contributed by atoms with Crippen LogP contribution in [0.15, 0.2) is 54.7 Å². The van der Waals surface area contributed by atoms with Gasteiger partial charge < -0.3 is 9.88 Å². The Bertz CT molecular complexity index is 1380. The Kier molecular flexibility index (Phi) is 4.39. The monoisotopic (exact) mass is 395 g/mol. The molecule has 6 nitrogen and oxygen atoms in total. The zero-order valence-corrected chi connectivity index (χ0v) is 16.9. The van der Waals surface area contributed by atoms with E-state index in [9.17, 15) is 4.79 Å². The van der Waals surface area contributed by atoms with Gasteiger partial charge in [-0.3, -0.25) is 9.78 Å². The number of imidazole rings is 1. The van der Waals surface area contributed by atoms with Crippen LogP contribution in [-0.2, 0) is 0 Å². The maximum Gasteiger partial charge on any atom is 0.150 e. The number of hydrogen-bond donors (Lipinski definition) is 1. The average Bonchev–Trinajstić information content (AvgIpc) is 3.26. The number of nitrogens with one attached hydrogen (secondary N) is 1. The van der Waals surface area contributed by atoms with Gasteiger partial charge >= 0.3 is 0 Å². The predicted molar refractivity (Wildman–Crippen MR) is 121 cm³/mol. The fourth-order valence-electron chi connectivity index (χ4n) is 3.96. The molecule has 0 amide bonds.